The van der Waals surface area contributed by atoms with Gasteiger partial charge in [0, 0.05) is 25.7 Å². The predicted molar refractivity (Wildman–Crippen MR) is 118 cm³/mol. The normalized spacial score (nSPS) is 14.2. The number of urea groups is 1. The average molecular weight is 416 g/mol. The fourth-order valence-electron chi connectivity index (χ4n) is 3.52. The van der Waals surface area contributed by atoms with E-state index in [0.717, 1.165) is 12.0 Å². The number of likely N-dealkylation sites (tertiary alicyclic amines) is 1. The summed E-state index contributed by atoms with van der Waals surface area (Å²) in [5, 5.41) is 5.82. The third-order valence-corrected chi connectivity index (χ3v) is 5.06. The summed E-state index contributed by atoms with van der Waals surface area (Å²) in [7, 11) is 0. The van der Waals surface area contributed by atoms with E-state index in [9.17, 15) is 9.59 Å². The molecule has 2 aromatic carbocycles. The highest BCUT2D eigenvalue weighted by Crippen LogP contribution is 2.27. The maximum Gasteiger partial charge on any atom is 0.319 e. The summed E-state index contributed by atoms with van der Waals surface area (Å²) in [4.78, 5) is 31.0. The molecule has 1 aromatic heterocycles. The van der Waals surface area contributed by atoms with Crippen LogP contribution in [0.1, 0.15) is 24.4 Å². The van der Waals surface area contributed by atoms with E-state index in [1.165, 1.54) is 0 Å². The number of nitrogens with one attached hydrogen (secondary N) is 2. The summed E-state index contributed by atoms with van der Waals surface area (Å²) in [6, 6.07) is 21.6. The Kier molecular flexibility index (Phi) is 6.42. The molecule has 2 N–H and O–H groups in total. The van der Waals surface area contributed by atoms with Crippen molar-refractivity contribution < 1.29 is 14.3 Å². The molecule has 0 bridgehead atoms. The molecule has 0 spiro atoms. The number of hydrogen-bond donors (Lipinski definition) is 2. The zero-order valence-corrected chi connectivity index (χ0v) is 17.0. The molecule has 3 aromatic rings. The molecule has 0 radical (unpaired) electrons. The Balaban J connectivity index is 1.47. The van der Waals surface area contributed by atoms with Gasteiger partial charge in [-0.05, 0) is 36.2 Å². The maximum atomic E-state index is 12.8. The van der Waals surface area contributed by atoms with Crippen LogP contribution in [0.4, 0.5) is 10.5 Å². The van der Waals surface area contributed by atoms with Crippen molar-refractivity contribution in [2.45, 2.75) is 18.9 Å². The largest absolute Gasteiger partial charge is 0.437 e. The predicted octanol–water partition coefficient (Wildman–Crippen LogP) is 4.36. The van der Waals surface area contributed by atoms with Gasteiger partial charge >= 0.3 is 6.03 Å². The van der Waals surface area contributed by atoms with E-state index < -0.39 is 6.03 Å². The van der Waals surface area contributed by atoms with E-state index in [2.05, 4.69) is 15.6 Å². The van der Waals surface area contributed by atoms with E-state index in [0.29, 0.717) is 36.8 Å². The third-order valence-electron chi connectivity index (χ3n) is 5.06. The number of carbonyl (C=O) groups is 2. The van der Waals surface area contributed by atoms with E-state index in [1.54, 1.807) is 23.2 Å². The van der Waals surface area contributed by atoms with Crippen LogP contribution in [0.5, 0.6) is 11.6 Å². The van der Waals surface area contributed by atoms with Gasteiger partial charge in [0.05, 0.1) is 6.04 Å². The smallest absolute Gasteiger partial charge is 0.319 e. The van der Waals surface area contributed by atoms with Crippen molar-refractivity contribution in [3.8, 4) is 11.6 Å². The quantitative estimate of drug-likeness (QED) is 0.599. The first-order chi connectivity index (χ1) is 15.2. The lowest BCUT2D eigenvalue weighted by atomic mass is 10.1. The lowest BCUT2D eigenvalue weighted by Gasteiger charge is -2.25. The average Bonchev–Trinajstić information content (AvgIpc) is 3.20. The second kappa shape index (κ2) is 9.75. The number of pyridine rings is 1. The third kappa shape index (κ3) is 5.39. The summed E-state index contributed by atoms with van der Waals surface area (Å²) in [5.41, 5.74) is 1.39. The van der Waals surface area contributed by atoms with Crippen molar-refractivity contribution >= 4 is 17.6 Å². The van der Waals surface area contributed by atoms with E-state index in [4.69, 9.17) is 4.74 Å². The summed E-state index contributed by atoms with van der Waals surface area (Å²) in [6.45, 7) is 1.14. The Labute approximate surface area is 181 Å². The Morgan fingerprint density at radius 2 is 1.77 bits per heavy atom. The van der Waals surface area contributed by atoms with Crippen LogP contribution < -0.4 is 15.4 Å². The van der Waals surface area contributed by atoms with Crippen molar-refractivity contribution in [3.63, 3.8) is 0 Å². The van der Waals surface area contributed by atoms with Crippen LogP contribution in [-0.4, -0.2) is 34.9 Å². The molecular formula is C24H24N4O3. The van der Waals surface area contributed by atoms with Crippen LogP contribution in [0.15, 0.2) is 79.0 Å². The molecule has 1 aliphatic heterocycles. The van der Waals surface area contributed by atoms with Gasteiger partial charge in [-0.25, -0.2) is 9.78 Å². The molecule has 0 saturated carbocycles. The Morgan fingerprint density at radius 3 is 2.48 bits per heavy atom. The highest BCUT2D eigenvalue weighted by atomic mass is 16.5. The number of ether oxygens (including phenoxy) is 1. The van der Waals surface area contributed by atoms with Crippen LogP contribution in [0.2, 0.25) is 0 Å². The van der Waals surface area contributed by atoms with Gasteiger partial charge in [0.2, 0.25) is 11.8 Å². The molecule has 1 aliphatic rings. The number of benzene rings is 2. The van der Waals surface area contributed by atoms with Crippen molar-refractivity contribution in [1.29, 1.82) is 0 Å². The van der Waals surface area contributed by atoms with Gasteiger partial charge in [0.1, 0.15) is 11.4 Å². The molecule has 31 heavy (non-hydrogen) atoms. The molecule has 1 fully saturated rings. The van der Waals surface area contributed by atoms with Crippen LogP contribution >= 0.6 is 0 Å². The molecule has 1 saturated heterocycles. The number of anilines is 1. The first-order valence-electron chi connectivity index (χ1n) is 10.3. The standard InChI is InChI=1S/C24H24N4O3/c29-22-14-8-16-28(22)17-21(18-9-3-1-4-10-18)27-24(30)26-20-13-7-15-25-23(20)31-19-11-5-2-6-12-19/h1-7,9-13,15,21H,8,14,16-17H2,(H2,26,27,30)/t21-/m1/s1. The minimum atomic E-state index is -0.397. The Bertz CT molecular complexity index is 1030. The van der Waals surface area contributed by atoms with Gasteiger partial charge in [0.25, 0.3) is 0 Å². The number of carbonyl (C=O) groups excluding carboxylic acids is 2. The topological polar surface area (TPSA) is 83.6 Å². The van der Waals surface area contributed by atoms with Crippen LogP contribution in [-0.2, 0) is 4.79 Å². The van der Waals surface area contributed by atoms with Crippen molar-refractivity contribution in [2.24, 2.45) is 0 Å². The first-order valence-corrected chi connectivity index (χ1v) is 10.3. The van der Waals surface area contributed by atoms with E-state index in [-0.39, 0.29) is 11.9 Å². The van der Waals surface area contributed by atoms with E-state index in [1.807, 2.05) is 60.7 Å². The van der Waals surface area contributed by atoms with Gasteiger partial charge in [-0.15, -0.1) is 0 Å². The van der Waals surface area contributed by atoms with Crippen LogP contribution in [0.3, 0.4) is 0 Å². The first kappa shape index (κ1) is 20.4. The van der Waals surface area contributed by atoms with E-state index >= 15 is 0 Å². The zero-order valence-electron chi connectivity index (χ0n) is 17.0. The molecule has 1 atom stereocenters. The molecule has 0 aliphatic carbocycles. The molecular weight excluding hydrogens is 392 g/mol. The van der Waals surface area contributed by atoms with Gasteiger partial charge < -0.3 is 20.3 Å². The second-order valence-electron chi connectivity index (χ2n) is 7.28. The summed E-state index contributed by atoms with van der Waals surface area (Å²) in [6.07, 6.45) is 3.01. The molecule has 4 rings (SSSR count). The monoisotopic (exact) mass is 416 g/mol. The fraction of sp³-hybridized carbons (Fsp3) is 0.208. The zero-order chi connectivity index (χ0) is 21.5. The summed E-state index contributed by atoms with van der Waals surface area (Å²) < 4.78 is 5.82. The number of amides is 3. The minimum Gasteiger partial charge on any atom is -0.437 e. The lowest BCUT2D eigenvalue weighted by Crippen LogP contribution is -2.40. The maximum absolute atomic E-state index is 12.8. The number of nitrogens with zero attached hydrogens (tertiary/aromatic N) is 2. The van der Waals surface area contributed by atoms with Gasteiger partial charge in [-0.3, -0.25) is 4.79 Å². The number of para-hydroxylation sites is 1. The van der Waals surface area contributed by atoms with Crippen LogP contribution in [0.25, 0.3) is 0 Å². The molecule has 0 unspecified atom stereocenters. The Morgan fingerprint density at radius 1 is 1.03 bits per heavy atom. The summed E-state index contributed by atoms with van der Waals surface area (Å²) in [5.74, 6) is 1.04. The lowest BCUT2D eigenvalue weighted by molar-refractivity contribution is -0.128. The van der Waals surface area contributed by atoms with Gasteiger partial charge in [-0.1, -0.05) is 48.5 Å². The minimum absolute atomic E-state index is 0.119. The number of aromatic nitrogens is 1. The molecule has 7 heteroatoms. The highest BCUT2D eigenvalue weighted by Gasteiger charge is 2.25. The van der Waals surface area contributed by atoms with Gasteiger partial charge in [0.15, 0.2) is 0 Å². The number of hydrogen-bond acceptors (Lipinski definition) is 4. The molecule has 7 nitrogen and oxygen atoms in total. The highest BCUT2D eigenvalue weighted by molar-refractivity contribution is 5.91. The summed E-state index contributed by atoms with van der Waals surface area (Å²) >= 11 is 0. The SMILES string of the molecule is O=C(Nc1cccnc1Oc1ccccc1)N[C@H](CN1CCCC1=O)c1ccccc1. The van der Waals surface area contributed by atoms with Crippen molar-refractivity contribution in [1.82, 2.24) is 15.2 Å². The van der Waals surface area contributed by atoms with Crippen LogP contribution in [0, 0.1) is 0 Å². The molecule has 158 valence electrons. The molecule has 3 amide bonds. The van der Waals surface area contributed by atoms with Crippen molar-refractivity contribution in [2.75, 3.05) is 18.4 Å². The fourth-order valence-corrected chi connectivity index (χ4v) is 3.52. The molecule has 2 heterocycles. The number of rotatable bonds is 7. The Hall–Kier alpha value is -3.87. The van der Waals surface area contributed by atoms with Crippen molar-refractivity contribution in [3.05, 3.63) is 84.6 Å². The second-order valence-corrected chi connectivity index (χ2v) is 7.28. The van der Waals surface area contributed by atoms with Gasteiger partial charge in [-0.2, -0.15) is 0 Å².